The van der Waals surface area contributed by atoms with Crippen LogP contribution >= 0.6 is 0 Å². The lowest BCUT2D eigenvalue weighted by atomic mass is 9.91. The van der Waals surface area contributed by atoms with Crippen molar-refractivity contribution in [2.45, 2.75) is 25.5 Å². The standard InChI is InChI=1S/C11H15NO/c1-8(13)9-4-2-3-5-10(9)11-6-7-12-11/h2-5,8,11-13H,6-7H2,1H3/t8-,11-/m0/s1. The zero-order valence-corrected chi connectivity index (χ0v) is 7.83. The molecule has 1 aliphatic heterocycles. The number of rotatable bonds is 2. The van der Waals surface area contributed by atoms with Gasteiger partial charge in [0, 0.05) is 6.04 Å². The minimum atomic E-state index is -0.362. The van der Waals surface area contributed by atoms with Gasteiger partial charge in [-0.15, -0.1) is 0 Å². The van der Waals surface area contributed by atoms with Gasteiger partial charge in [0.05, 0.1) is 6.10 Å². The summed E-state index contributed by atoms with van der Waals surface area (Å²) in [5, 5.41) is 12.9. The molecule has 2 nitrogen and oxygen atoms in total. The predicted octanol–water partition coefficient (Wildman–Crippen LogP) is 1.77. The molecule has 0 aliphatic carbocycles. The highest BCUT2D eigenvalue weighted by molar-refractivity contribution is 5.32. The third-order valence-corrected chi connectivity index (χ3v) is 2.65. The largest absolute Gasteiger partial charge is 0.389 e. The highest BCUT2D eigenvalue weighted by atomic mass is 16.3. The van der Waals surface area contributed by atoms with Crippen molar-refractivity contribution in [3.63, 3.8) is 0 Å². The lowest BCUT2D eigenvalue weighted by Crippen LogP contribution is -2.35. The molecule has 0 radical (unpaired) electrons. The summed E-state index contributed by atoms with van der Waals surface area (Å²) in [7, 11) is 0. The molecule has 2 N–H and O–H groups in total. The summed E-state index contributed by atoms with van der Waals surface area (Å²) in [6.45, 7) is 2.91. The number of hydrogen-bond acceptors (Lipinski definition) is 2. The summed E-state index contributed by atoms with van der Waals surface area (Å²) in [6, 6.07) is 8.57. The van der Waals surface area contributed by atoms with E-state index in [0.717, 1.165) is 12.1 Å². The number of hydrogen-bond donors (Lipinski definition) is 2. The molecule has 1 aliphatic rings. The third kappa shape index (κ3) is 1.60. The zero-order chi connectivity index (χ0) is 9.26. The van der Waals surface area contributed by atoms with Gasteiger partial charge in [-0.2, -0.15) is 0 Å². The average molecular weight is 177 g/mol. The van der Waals surface area contributed by atoms with E-state index in [4.69, 9.17) is 0 Å². The fourth-order valence-electron chi connectivity index (χ4n) is 1.76. The van der Waals surface area contributed by atoms with Crippen molar-refractivity contribution in [2.24, 2.45) is 0 Å². The summed E-state index contributed by atoms with van der Waals surface area (Å²) in [6.07, 6.45) is 0.822. The molecular formula is C11H15NO. The molecule has 1 aromatic carbocycles. The van der Waals surface area contributed by atoms with Crippen molar-refractivity contribution < 1.29 is 5.11 Å². The molecule has 0 amide bonds. The predicted molar refractivity (Wildman–Crippen MR) is 52.4 cm³/mol. The van der Waals surface area contributed by atoms with Gasteiger partial charge < -0.3 is 10.4 Å². The number of nitrogens with one attached hydrogen (secondary N) is 1. The van der Waals surface area contributed by atoms with Gasteiger partial charge >= 0.3 is 0 Å². The molecule has 0 spiro atoms. The van der Waals surface area contributed by atoms with Crippen LogP contribution in [0, 0.1) is 0 Å². The minimum absolute atomic E-state index is 0.362. The van der Waals surface area contributed by atoms with Crippen LogP contribution < -0.4 is 5.32 Å². The Morgan fingerprint density at radius 1 is 1.46 bits per heavy atom. The van der Waals surface area contributed by atoms with Gasteiger partial charge in [-0.3, -0.25) is 0 Å². The summed E-state index contributed by atoms with van der Waals surface area (Å²) >= 11 is 0. The van der Waals surface area contributed by atoms with Crippen LogP contribution in [0.15, 0.2) is 24.3 Å². The van der Waals surface area contributed by atoms with E-state index in [9.17, 15) is 5.11 Å². The van der Waals surface area contributed by atoms with Gasteiger partial charge in [0.15, 0.2) is 0 Å². The van der Waals surface area contributed by atoms with Crippen LogP contribution in [-0.2, 0) is 0 Å². The van der Waals surface area contributed by atoms with E-state index in [2.05, 4.69) is 11.4 Å². The van der Waals surface area contributed by atoms with Crippen LogP contribution in [0.5, 0.6) is 0 Å². The fraction of sp³-hybridized carbons (Fsp3) is 0.455. The molecule has 0 bridgehead atoms. The molecule has 0 aromatic heterocycles. The Balaban J connectivity index is 2.31. The molecule has 1 fully saturated rings. The van der Waals surface area contributed by atoms with Crippen LogP contribution in [0.25, 0.3) is 0 Å². The SMILES string of the molecule is C[C@H](O)c1ccccc1[C@@H]1CCN1. The Hall–Kier alpha value is -0.860. The second kappa shape index (κ2) is 3.48. The Kier molecular flexibility index (Phi) is 2.34. The molecule has 1 saturated heterocycles. The van der Waals surface area contributed by atoms with Crippen molar-refractivity contribution in [3.05, 3.63) is 35.4 Å². The van der Waals surface area contributed by atoms with Gasteiger partial charge in [-0.1, -0.05) is 24.3 Å². The Labute approximate surface area is 78.6 Å². The van der Waals surface area contributed by atoms with Crippen LogP contribution in [0.1, 0.15) is 36.6 Å². The van der Waals surface area contributed by atoms with Gasteiger partial charge in [0.25, 0.3) is 0 Å². The van der Waals surface area contributed by atoms with Crippen molar-refractivity contribution in [1.29, 1.82) is 0 Å². The molecule has 0 saturated carbocycles. The van der Waals surface area contributed by atoms with E-state index in [1.54, 1.807) is 0 Å². The maximum absolute atomic E-state index is 9.55. The molecule has 70 valence electrons. The minimum Gasteiger partial charge on any atom is -0.389 e. The first kappa shape index (κ1) is 8.73. The molecule has 13 heavy (non-hydrogen) atoms. The molecule has 0 unspecified atom stereocenters. The normalized spacial score (nSPS) is 23.7. The Bertz CT molecular complexity index is 292. The third-order valence-electron chi connectivity index (χ3n) is 2.65. The van der Waals surface area contributed by atoms with E-state index in [-0.39, 0.29) is 6.10 Å². The molecular weight excluding hydrogens is 162 g/mol. The zero-order valence-electron chi connectivity index (χ0n) is 7.83. The van der Waals surface area contributed by atoms with Gasteiger partial charge in [-0.25, -0.2) is 0 Å². The van der Waals surface area contributed by atoms with E-state index in [0.29, 0.717) is 6.04 Å². The Morgan fingerprint density at radius 2 is 2.15 bits per heavy atom. The fourth-order valence-corrected chi connectivity index (χ4v) is 1.76. The second-order valence-electron chi connectivity index (χ2n) is 3.60. The van der Waals surface area contributed by atoms with E-state index in [1.165, 1.54) is 12.0 Å². The van der Waals surface area contributed by atoms with Crippen LogP contribution in [-0.4, -0.2) is 11.7 Å². The first-order valence-electron chi connectivity index (χ1n) is 4.79. The van der Waals surface area contributed by atoms with E-state index >= 15 is 0 Å². The lowest BCUT2D eigenvalue weighted by molar-refractivity contribution is 0.195. The number of aliphatic hydroxyl groups is 1. The highest BCUT2D eigenvalue weighted by Crippen LogP contribution is 2.28. The lowest BCUT2D eigenvalue weighted by Gasteiger charge is -2.30. The van der Waals surface area contributed by atoms with Crippen LogP contribution in [0.4, 0.5) is 0 Å². The highest BCUT2D eigenvalue weighted by Gasteiger charge is 2.21. The Morgan fingerprint density at radius 3 is 2.69 bits per heavy atom. The topological polar surface area (TPSA) is 32.3 Å². The van der Waals surface area contributed by atoms with Crippen LogP contribution in [0.3, 0.4) is 0 Å². The summed E-state index contributed by atoms with van der Waals surface area (Å²) < 4.78 is 0. The summed E-state index contributed by atoms with van der Waals surface area (Å²) in [5.74, 6) is 0. The molecule has 1 aromatic rings. The first-order valence-corrected chi connectivity index (χ1v) is 4.79. The molecule has 2 rings (SSSR count). The van der Waals surface area contributed by atoms with E-state index in [1.807, 2.05) is 25.1 Å². The summed E-state index contributed by atoms with van der Waals surface area (Å²) in [4.78, 5) is 0. The number of benzene rings is 1. The van der Waals surface area contributed by atoms with Crippen molar-refractivity contribution in [3.8, 4) is 0 Å². The second-order valence-corrected chi connectivity index (χ2v) is 3.60. The molecule has 2 atom stereocenters. The summed E-state index contributed by atoms with van der Waals surface area (Å²) in [5.41, 5.74) is 2.31. The van der Waals surface area contributed by atoms with Crippen molar-refractivity contribution in [1.82, 2.24) is 5.32 Å². The average Bonchev–Trinajstić information content (AvgIpc) is 2.02. The monoisotopic (exact) mass is 177 g/mol. The number of aliphatic hydroxyl groups excluding tert-OH is 1. The van der Waals surface area contributed by atoms with Crippen LogP contribution in [0.2, 0.25) is 0 Å². The van der Waals surface area contributed by atoms with Gasteiger partial charge in [0.2, 0.25) is 0 Å². The maximum Gasteiger partial charge on any atom is 0.0765 e. The van der Waals surface area contributed by atoms with Crippen molar-refractivity contribution in [2.75, 3.05) is 6.54 Å². The first-order chi connectivity index (χ1) is 6.29. The van der Waals surface area contributed by atoms with Gasteiger partial charge in [0.1, 0.15) is 0 Å². The van der Waals surface area contributed by atoms with Gasteiger partial charge in [-0.05, 0) is 31.0 Å². The molecule has 1 heterocycles. The maximum atomic E-state index is 9.55. The van der Waals surface area contributed by atoms with Crippen molar-refractivity contribution >= 4 is 0 Å². The quantitative estimate of drug-likeness (QED) is 0.721. The smallest absolute Gasteiger partial charge is 0.0765 e. The van der Waals surface area contributed by atoms with E-state index < -0.39 is 0 Å². The molecule has 2 heteroatoms.